The van der Waals surface area contributed by atoms with Crippen LogP contribution in [0.4, 0.5) is 0 Å². The van der Waals surface area contributed by atoms with Crippen molar-refractivity contribution in [1.82, 2.24) is 10.2 Å². The van der Waals surface area contributed by atoms with E-state index in [4.69, 9.17) is 16.3 Å². The zero-order valence-corrected chi connectivity index (χ0v) is 12.7. The highest BCUT2D eigenvalue weighted by Gasteiger charge is 2.02. The van der Waals surface area contributed by atoms with Crippen LogP contribution in [0.3, 0.4) is 0 Å². The lowest BCUT2D eigenvalue weighted by molar-refractivity contribution is 0.290. The van der Waals surface area contributed by atoms with Crippen LogP contribution in [-0.4, -0.2) is 10.2 Å². The second-order valence-electron chi connectivity index (χ2n) is 4.94. The van der Waals surface area contributed by atoms with Crippen LogP contribution in [0.1, 0.15) is 16.8 Å². The molecule has 0 radical (unpaired) electrons. The molecule has 110 valence electrons. The lowest BCUT2D eigenvalue weighted by Gasteiger charge is -2.06. The van der Waals surface area contributed by atoms with Crippen LogP contribution in [0.5, 0.6) is 5.88 Å². The molecule has 0 atom stereocenters. The smallest absolute Gasteiger partial charge is 0.233 e. The summed E-state index contributed by atoms with van der Waals surface area (Å²) in [4.78, 5) is 0. The van der Waals surface area contributed by atoms with E-state index >= 15 is 0 Å². The normalized spacial score (nSPS) is 10.4. The molecule has 0 bridgehead atoms. The highest BCUT2D eigenvalue weighted by Crippen LogP contribution is 2.15. The third-order valence-corrected chi connectivity index (χ3v) is 3.43. The first kappa shape index (κ1) is 14.5. The van der Waals surface area contributed by atoms with Gasteiger partial charge in [-0.25, -0.2) is 0 Å². The van der Waals surface area contributed by atoms with E-state index in [2.05, 4.69) is 10.2 Å². The highest BCUT2D eigenvalue weighted by atomic mass is 35.5. The number of hydrogen-bond acceptors (Lipinski definition) is 3. The van der Waals surface area contributed by atoms with Gasteiger partial charge in [0.25, 0.3) is 0 Å². The molecule has 0 saturated heterocycles. The molecule has 0 unspecified atom stereocenters. The van der Waals surface area contributed by atoms with Gasteiger partial charge in [0.1, 0.15) is 6.61 Å². The summed E-state index contributed by atoms with van der Waals surface area (Å²) in [7, 11) is 0. The molecule has 0 N–H and O–H groups in total. The molecule has 0 aliphatic carbocycles. The van der Waals surface area contributed by atoms with E-state index in [1.165, 1.54) is 0 Å². The van der Waals surface area contributed by atoms with Crippen molar-refractivity contribution in [2.75, 3.05) is 0 Å². The quantitative estimate of drug-likeness (QED) is 0.704. The SMILES string of the molecule is Clc1cccc(Cc2ccc(OCc3ccccc3)nn2)c1. The van der Waals surface area contributed by atoms with Gasteiger partial charge in [0.05, 0.1) is 5.69 Å². The predicted octanol–water partition coefficient (Wildman–Crippen LogP) is 4.30. The molecule has 0 fully saturated rings. The van der Waals surface area contributed by atoms with Gasteiger partial charge in [-0.1, -0.05) is 54.1 Å². The van der Waals surface area contributed by atoms with Crippen LogP contribution in [-0.2, 0) is 13.0 Å². The van der Waals surface area contributed by atoms with Gasteiger partial charge < -0.3 is 4.74 Å². The van der Waals surface area contributed by atoms with Crippen molar-refractivity contribution in [2.45, 2.75) is 13.0 Å². The Hall–Kier alpha value is -2.39. The maximum absolute atomic E-state index is 5.98. The van der Waals surface area contributed by atoms with E-state index in [9.17, 15) is 0 Å². The van der Waals surface area contributed by atoms with Crippen LogP contribution in [0.2, 0.25) is 5.02 Å². The molecule has 0 spiro atoms. The van der Waals surface area contributed by atoms with Crippen LogP contribution in [0.15, 0.2) is 66.7 Å². The first-order valence-corrected chi connectivity index (χ1v) is 7.41. The van der Waals surface area contributed by atoms with Gasteiger partial charge >= 0.3 is 0 Å². The summed E-state index contributed by atoms with van der Waals surface area (Å²) >= 11 is 5.98. The average Bonchev–Trinajstić information content (AvgIpc) is 2.55. The molecule has 3 nitrogen and oxygen atoms in total. The summed E-state index contributed by atoms with van der Waals surface area (Å²) in [5, 5.41) is 9.03. The summed E-state index contributed by atoms with van der Waals surface area (Å²) in [5.41, 5.74) is 3.10. The number of halogens is 1. The van der Waals surface area contributed by atoms with Crippen molar-refractivity contribution in [2.24, 2.45) is 0 Å². The van der Waals surface area contributed by atoms with Crippen molar-refractivity contribution in [1.29, 1.82) is 0 Å². The number of ether oxygens (including phenoxy) is 1. The molecule has 0 aliphatic rings. The van der Waals surface area contributed by atoms with Crippen LogP contribution < -0.4 is 4.74 Å². The summed E-state index contributed by atoms with van der Waals surface area (Å²) in [6.45, 7) is 0.489. The number of nitrogens with zero attached hydrogens (tertiary/aromatic N) is 2. The Morgan fingerprint density at radius 2 is 1.64 bits per heavy atom. The summed E-state index contributed by atoms with van der Waals surface area (Å²) in [6.07, 6.45) is 0.701. The third-order valence-electron chi connectivity index (χ3n) is 3.20. The maximum atomic E-state index is 5.98. The van der Waals surface area contributed by atoms with Crippen molar-refractivity contribution < 1.29 is 4.74 Å². The Morgan fingerprint density at radius 1 is 0.818 bits per heavy atom. The van der Waals surface area contributed by atoms with E-state index < -0.39 is 0 Å². The minimum Gasteiger partial charge on any atom is -0.472 e. The fourth-order valence-corrected chi connectivity index (χ4v) is 2.32. The summed E-state index contributed by atoms with van der Waals surface area (Å²) in [5.74, 6) is 0.527. The largest absolute Gasteiger partial charge is 0.472 e. The molecule has 0 amide bonds. The van der Waals surface area contributed by atoms with Gasteiger partial charge in [-0.15, -0.1) is 5.10 Å². The van der Waals surface area contributed by atoms with Crippen molar-refractivity contribution in [3.05, 3.63) is 88.6 Å². The molecule has 0 aliphatic heterocycles. The topological polar surface area (TPSA) is 35.0 Å². The Balaban J connectivity index is 1.60. The van der Waals surface area contributed by atoms with Gasteiger partial charge in [0.2, 0.25) is 5.88 Å². The van der Waals surface area contributed by atoms with Crippen LogP contribution in [0, 0.1) is 0 Å². The molecule has 2 aromatic carbocycles. The van der Waals surface area contributed by atoms with E-state index in [0.717, 1.165) is 21.8 Å². The van der Waals surface area contributed by atoms with Gasteiger partial charge in [0, 0.05) is 17.5 Å². The predicted molar refractivity (Wildman–Crippen MR) is 87.1 cm³/mol. The van der Waals surface area contributed by atoms with E-state index in [0.29, 0.717) is 18.9 Å². The lowest BCUT2D eigenvalue weighted by atomic mass is 10.1. The summed E-state index contributed by atoms with van der Waals surface area (Å²) < 4.78 is 5.62. The van der Waals surface area contributed by atoms with Crippen molar-refractivity contribution in [3.8, 4) is 5.88 Å². The third kappa shape index (κ3) is 4.06. The molecule has 1 heterocycles. The van der Waals surface area contributed by atoms with E-state index in [-0.39, 0.29) is 0 Å². The molecule has 1 aromatic heterocycles. The minimum absolute atomic E-state index is 0.489. The molecule has 22 heavy (non-hydrogen) atoms. The fourth-order valence-electron chi connectivity index (χ4n) is 2.11. The second kappa shape index (κ2) is 7.05. The Morgan fingerprint density at radius 3 is 2.36 bits per heavy atom. The van der Waals surface area contributed by atoms with Crippen molar-refractivity contribution >= 4 is 11.6 Å². The number of rotatable bonds is 5. The van der Waals surface area contributed by atoms with Crippen LogP contribution in [0.25, 0.3) is 0 Å². The fraction of sp³-hybridized carbons (Fsp3) is 0.111. The van der Waals surface area contributed by atoms with Gasteiger partial charge in [0.15, 0.2) is 0 Å². The highest BCUT2D eigenvalue weighted by molar-refractivity contribution is 6.30. The summed E-state index contributed by atoms with van der Waals surface area (Å²) in [6, 6.07) is 21.5. The molecule has 4 heteroatoms. The minimum atomic E-state index is 0.489. The van der Waals surface area contributed by atoms with Gasteiger partial charge in [-0.3, -0.25) is 0 Å². The zero-order chi connectivity index (χ0) is 15.2. The molecule has 3 aromatic rings. The number of aromatic nitrogens is 2. The second-order valence-corrected chi connectivity index (χ2v) is 5.38. The Kier molecular flexibility index (Phi) is 4.66. The molecular formula is C18H15ClN2O. The van der Waals surface area contributed by atoms with E-state index in [1.807, 2.05) is 66.7 Å². The zero-order valence-electron chi connectivity index (χ0n) is 11.9. The lowest BCUT2D eigenvalue weighted by Crippen LogP contribution is -2.00. The monoisotopic (exact) mass is 310 g/mol. The molecule has 0 saturated carbocycles. The number of hydrogen-bond donors (Lipinski definition) is 0. The standard InChI is InChI=1S/C18H15ClN2O/c19-16-8-4-7-15(11-16)12-17-9-10-18(21-20-17)22-13-14-5-2-1-3-6-14/h1-11H,12-13H2. The Bertz CT molecular complexity index is 730. The maximum Gasteiger partial charge on any atom is 0.233 e. The first-order valence-electron chi connectivity index (χ1n) is 7.03. The van der Waals surface area contributed by atoms with Crippen LogP contribution >= 0.6 is 11.6 Å². The number of benzene rings is 2. The average molecular weight is 311 g/mol. The molecular weight excluding hydrogens is 296 g/mol. The first-order chi connectivity index (χ1) is 10.8. The van der Waals surface area contributed by atoms with Gasteiger partial charge in [-0.05, 0) is 29.3 Å². The Labute approximate surface area is 134 Å². The van der Waals surface area contributed by atoms with Gasteiger partial charge in [-0.2, -0.15) is 5.10 Å². The molecule has 3 rings (SSSR count). The van der Waals surface area contributed by atoms with Crippen molar-refractivity contribution in [3.63, 3.8) is 0 Å². The van der Waals surface area contributed by atoms with E-state index in [1.54, 1.807) is 0 Å².